The normalized spacial score (nSPS) is 12.1. The van der Waals surface area contributed by atoms with Crippen molar-refractivity contribution >= 4 is 10.0 Å². The minimum absolute atomic E-state index is 0.163. The van der Waals surface area contributed by atoms with E-state index in [-0.39, 0.29) is 4.90 Å². The Morgan fingerprint density at radius 3 is 2.25 bits per heavy atom. The van der Waals surface area contributed by atoms with Crippen LogP contribution in [-0.2, 0) is 10.0 Å². The van der Waals surface area contributed by atoms with E-state index in [0.29, 0.717) is 0 Å². The zero-order chi connectivity index (χ0) is 9.03. The standard InChI is InChI=1S/C7H8N2O2S/c1-8-9-12(10,11)7-5-3-2-4-6-7/h2-6H,1H3. The van der Waals surface area contributed by atoms with Crippen LogP contribution < -0.4 is 0 Å². The van der Waals surface area contributed by atoms with Crippen molar-refractivity contribution in [2.24, 2.45) is 9.63 Å². The fraction of sp³-hybridized carbons (Fsp3) is 0.143. The summed E-state index contributed by atoms with van der Waals surface area (Å²) in [4.78, 5) is 0.163. The topological polar surface area (TPSA) is 58.9 Å². The lowest BCUT2D eigenvalue weighted by atomic mass is 10.4. The Balaban J connectivity index is 3.16. The maximum atomic E-state index is 11.2. The quantitative estimate of drug-likeness (QED) is 0.653. The molecule has 0 aliphatic carbocycles. The van der Waals surface area contributed by atoms with Crippen LogP contribution in [0, 0.1) is 0 Å². The Bertz CT molecular complexity index is 370. The highest BCUT2D eigenvalue weighted by Crippen LogP contribution is 2.10. The molecular formula is C7H8N2O2S. The fourth-order valence-corrected chi connectivity index (χ4v) is 1.56. The van der Waals surface area contributed by atoms with E-state index in [4.69, 9.17) is 0 Å². The second kappa shape index (κ2) is 3.44. The molecule has 0 aliphatic heterocycles. The number of sulfonamides is 1. The first-order chi connectivity index (χ1) is 5.67. The third-order valence-corrected chi connectivity index (χ3v) is 2.48. The summed E-state index contributed by atoms with van der Waals surface area (Å²) in [6.07, 6.45) is 0. The van der Waals surface area contributed by atoms with Crippen LogP contribution in [0.4, 0.5) is 0 Å². The van der Waals surface area contributed by atoms with Crippen LogP contribution in [0.1, 0.15) is 0 Å². The number of benzene rings is 1. The van der Waals surface area contributed by atoms with Gasteiger partial charge in [-0.05, 0) is 12.1 Å². The average Bonchev–Trinajstić information content (AvgIpc) is 2.06. The van der Waals surface area contributed by atoms with Gasteiger partial charge in [-0.2, -0.15) is 13.5 Å². The van der Waals surface area contributed by atoms with Gasteiger partial charge in [0.25, 0.3) is 10.0 Å². The molecule has 0 bridgehead atoms. The van der Waals surface area contributed by atoms with Crippen molar-refractivity contribution in [3.05, 3.63) is 30.3 Å². The molecule has 1 aromatic carbocycles. The minimum atomic E-state index is -3.55. The summed E-state index contributed by atoms with van der Waals surface area (Å²) in [6, 6.07) is 7.96. The van der Waals surface area contributed by atoms with Gasteiger partial charge in [0.2, 0.25) is 0 Å². The zero-order valence-electron chi connectivity index (χ0n) is 6.51. The summed E-state index contributed by atoms with van der Waals surface area (Å²) < 4.78 is 25.5. The Hall–Kier alpha value is -1.23. The van der Waals surface area contributed by atoms with Gasteiger partial charge in [-0.3, -0.25) is 0 Å². The summed E-state index contributed by atoms with van der Waals surface area (Å²) in [6.45, 7) is 0. The molecule has 5 heteroatoms. The molecule has 0 saturated heterocycles. The molecular weight excluding hydrogens is 176 g/mol. The van der Waals surface area contributed by atoms with Crippen LogP contribution in [0.15, 0.2) is 44.9 Å². The molecule has 12 heavy (non-hydrogen) atoms. The molecule has 0 unspecified atom stereocenters. The van der Waals surface area contributed by atoms with E-state index >= 15 is 0 Å². The van der Waals surface area contributed by atoms with Crippen molar-refractivity contribution in [3.63, 3.8) is 0 Å². The van der Waals surface area contributed by atoms with Gasteiger partial charge in [-0.25, -0.2) is 0 Å². The maximum absolute atomic E-state index is 11.2. The third kappa shape index (κ3) is 1.88. The number of rotatable bonds is 2. The smallest absolute Gasteiger partial charge is 0.198 e. The van der Waals surface area contributed by atoms with Crippen LogP contribution in [0.2, 0.25) is 0 Å². The van der Waals surface area contributed by atoms with Gasteiger partial charge in [0, 0.05) is 7.05 Å². The van der Waals surface area contributed by atoms with E-state index in [1.165, 1.54) is 19.2 Å². The zero-order valence-corrected chi connectivity index (χ0v) is 7.32. The highest BCUT2D eigenvalue weighted by atomic mass is 32.2. The van der Waals surface area contributed by atoms with Gasteiger partial charge in [0.15, 0.2) is 0 Å². The molecule has 0 heterocycles. The largest absolute Gasteiger partial charge is 0.299 e. The Morgan fingerprint density at radius 2 is 1.75 bits per heavy atom. The van der Waals surface area contributed by atoms with Gasteiger partial charge in [-0.1, -0.05) is 22.7 Å². The van der Waals surface area contributed by atoms with Crippen LogP contribution in [0.25, 0.3) is 0 Å². The summed E-state index contributed by atoms with van der Waals surface area (Å²) in [5.41, 5.74) is 0. The molecule has 0 aliphatic rings. The lowest BCUT2D eigenvalue weighted by molar-refractivity contribution is 0.595. The van der Waals surface area contributed by atoms with E-state index in [9.17, 15) is 8.42 Å². The van der Waals surface area contributed by atoms with Gasteiger partial charge >= 0.3 is 0 Å². The van der Waals surface area contributed by atoms with Crippen molar-refractivity contribution in [2.75, 3.05) is 7.05 Å². The lowest BCUT2D eigenvalue weighted by Gasteiger charge is -1.93. The van der Waals surface area contributed by atoms with E-state index < -0.39 is 10.0 Å². The maximum Gasteiger partial charge on any atom is 0.299 e. The van der Waals surface area contributed by atoms with Crippen LogP contribution in [0.3, 0.4) is 0 Å². The van der Waals surface area contributed by atoms with Gasteiger partial charge in [0.1, 0.15) is 0 Å². The SMILES string of the molecule is CN=NS(=O)(=O)c1ccccc1. The second-order valence-corrected chi connectivity index (χ2v) is 3.65. The first-order valence-corrected chi connectivity index (χ1v) is 4.72. The highest BCUT2D eigenvalue weighted by molar-refractivity contribution is 7.90. The molecule has 0 N–H and O–H groups in total. The second-order valence-electron chi connectivity index (χ2n) is 2.07. The Morgan fingerprint density at radius 1 is 1.17 bits per heavy atom. The molecule has 4 nitrogen and oxygen atoms in total. The molecule has 0 spiro atoms. The lowest BCUT2D eigenvalue weighted by Crippen LogP contribution is -1.94. The first kappa shape index (κ1) is 8.86. The first-order valence-electron chi connectivity index (χ1n) is 3.28. The summed E-state index contributed by atoms with van der Waals surface area (Å²) in [5, 5.41) is 3.22. The molecule has 0 aromatic heterocycles. The molecule has 1 aromatic rings. The Labute approximate surface area is 71.0 Å². The molecule has 0 radical (unpaired) electrons. The van der Waals surface area contributed by atoms with E-state index in [0.717, 1.165) is 0 Å². The molecule has 0 saturated carbocycles. The van der Waals surface area contributed by atoms with Gasteiger partial charge < -0.3 is 0 Å². The van der Waals surface area contributed by atoms with E-state index in [2.05, 4.69) is 9.63 Å². The van der Waals surface area contributed by atoms with E-state index in [1.807, 2.05) is 0 Å². The third-order valence-electron chi connectivity index (χ3n) is 1.23. The average molecular weight is 184 g/mol. The van der Waals surface area contributed by atoms with Crippen molar-refractivity contribution in [3.8, 4) is 0 Å². The minimum Gasteiger partial charge on any atom is -0.198 e. The summed E-state index contributed by atoms with van der Waals surface area (Å²) in [5.74, 6) is 0. The van der Waals surface area contributed by atoms with Crippen molar-refractivity contribution in [1.82, 2.24) is 0 Å². The van der Waals surface area contributed by atoms with Crippen LogP contribution in [0.5, 0.6) is 0 Å². The van der Waals surface area contributed by atoms with Crippen LogP contribution >= 0.6 is 0 Å². The highest BCUT2D eigenvalue weighted by Gasteiger charge is 2.10. The molecule has 0 fully saturated rings. The van der Waals surface area contributed by atoms with Crippen LogP contribution in [-0.4, -0.2) is 15.5 Å². The van der Waals surface area contributed by atoms with Gasteiger partial charge in [-0.15, -0.1) is 0 Å². The number of nitrogens with zero attached hydrogens (tertiary/aromatic N) is 2. The molecule has 0 amide bonds. The van der Waals surface area contributed by atoms with E-state index in [1.54, 1.807) is 18.2 Å². The summed E-state index contributed by atoms with van der Waals surface area (Å²) in [7, 11) is -2.23. The number of hydrogen-bond donors (Lipinski definition) is 0. The molecule has 64 valence electrons. The predicted molar refractivity (Wildman–Crippen MR) is 44.4 cm³/mol. The number of hydrogen-bond acceptors (Lipinski definition) is 3. The molecule has 0 atom stereocenters. The predicted octanol–water partition coefficient (Wildman–Crippen LogP) is 1.46. The summed E-state index contributed by atoms with van der Waals surface area (Å²) >= 11 is 0. The van der Waals surface area contributed by atoms with Crippen molar-refractivity contribution in [2.45, 2.75) is 4.90 Å². The monoisotopic (exact) mass is 184 g/mol. The molecule has 1 rings (SSSR count). The fourth-order valence-electron chi connectivity index (χ4n) is 0.747. The Kier molecular flexibility index (Phi) is 2.54. The van der Waals surface area contributed by atoms with Gasteiger partial charge in [0.05, 0.1) is 4.90 Å². The van der Waals surface area contributed by atoms with Crippen molar-refractivity contribution < 1.29 is 8.42 Å². The van der Waals surface area contributed by atoms with Crippen molar-refractivity contribution in [1.29, 1.82) is 0 Å².